The Morgan fingerprint density at radius 1 is 1.06 bits per heavy atom. The zero-order valence-electron chi connectivity index (χ0n) is 18.1. The number of nitrogens with one attached hydrogen (secondary N) is 1. The molecule has 0 unspecified atom stereocenters. The van der Waals surface area contributed by atoms with Crippen molar-refractivity contribution in [2.45, 2.75) is 13.5 Å². The van der Waals surface area contributed by atoms with Crippen LogP contribution in [0.4, 0.5) is 17.3 Å². The zero-order chi connectivity index (χ0) is 22.8. The molecule has 1 N–H and O–H groups in total. The fourth-order valence-electron chi connectivity index (χ4n) is 3.99. The van der Waals surface area contributed by atoms with E-state index in [0.29, 0.717) is 16.4 Å². The van der Waals surface area contributed by atoms with Gasteiger partial charge in [0.1, 0.15) is 24.5 Å². The largest absolute Gasteiger partial charge is 0.353 e. The Balaban J connectivity index is 1.30. The van der Waals surface area contributed by atoms with Crippen molar-refractivity contribution in [2.24, 2.45) is 0 Å². The van der Waals surface area contributed by atoms with Gasteiger partial charge in [0, 0.05) is 43.1 Å². The highest BCUT2D eigenvalue weighted by Gasteiger charge is 2.22. The first-order chi connectivity index (χ1) is 16.1. The summed E-state index contributed by atoms with van der Waals surface area (Å²) in [6, 6.07) is 11.3. The highest BCUT2D eigenvalue weighted by Crippen LogP contribution is 2.25. The number of hydrogen-bond acceptors (Lipinski definition) is 7. The number of fused-ring (bicyclic) bond motifs is 1. The van der Waals surface area contributed by atoms with Crippen LogP contribution in [0.2, 0.25) is 5.02 Å². The number of aromatic nitrogens is 5. The molecule has 3 aromatic heterocycles. The number of nitrogens with zero attached hydrogens (tertiary/aromatic N) is 7. The Hall–Kier alpha value is -3.72. The molecular weight excluding hydrogens is 440 g/mol. The first kappa shape index (κ1) is 21.1. The first-order valence-electron chi connectivity index (χ1n) is 10.7. The van der Waals surface area contributed by atoms with Crippen LogP contribution in [0.3, 0.4) is 0 Å². The lowest BCUT2D eigenvalue weighted by Gasteiger charge is -2.36. The predicted octanol–water partition coefficient (Wildman–Crippen LogP) is 3.15. The summed E-state index contributed by atoms with van der Waals surface area (Å²) in [4.78, 5) is 30.5. The van der Waals surface area contributed by atoms with Gasteiger partial charge in [0.05, 0.1) is 11.6 Å². The van der Waals surface area contributed by atoms with Crippen LogP contribution in [0, 0.1) is 6.92 Å². The second-order valence-electron chi connectivity index (χ2n) is 7.91. The van der Waals surface area contributed by atoms with Crippen LogP contribution < -0.4 is 15.1 Å². The van der Waals surface area contributed by atoms with Crippen molar-refractivity contribution in [3.63, 3.8) is 0 Å². The molecule has 0 bridgehead atoms. The standard InChI is InChI=1S/C23H23ClN8O/c1-16-5-6-17(24)12-19(16)29-21(33)14-32-23-18(13-28-32)22(26-15-27-23)31-10-8-30(9-11-31)20-4-2-3-7-25-20/h2-7,12-13,15H,8-11,14H2,1H3,(H,29,33). The van der Waals surface area contributed by atoms with Crippen LogP contribution in [-0.4, -0.2) is 56.8 Å². The predicted molar refractivity (Wildman–Crippen MR) is 129 cm³/mol. The van der Waals surface area contributed by atoms with Gasteiger partial charge >= 0.3 is 0 Å². The average molecular weight is 463 g/mol. The van der Waals surface area contributed by atoms with Crippen molar-refractivity contribution in [1.82, 2.24) is 24.7 Å². The summed E-state index contributed by atoms with van der Waals surface area (Å²) in [5.74, 6) is 1.62. The summed E-state index contributed by atoms with van der Waals surface area (Å²) >= 11 is 6.06. The second kappa shape index (κ2) is 9.03. The minimum absolute atomic E-state index is 0.0410. The molecule has 1 amide bonds. The molecule has 168 valence electrons. The van der Waals surface area contributed by atoms with Gasteiger partial charge in [-0.15, -0.1) is 0 Å². The van der Waals surface area contributed by atoms with Gasteiger partial charge in [-0.2, -0.15) is 5.10 Å². The Kier molecular flexibility index (Phi) is 5.78. The number of halogens is 1. The minimum atomic E-state index is -0.200. The monoisotopic (exact) mass is 462 g/mol. The normalized spacial score (nSPS) is 14.0. The number of amides is 1. The number of pyridine rings is 1. The molecule has 5 rings (SSSR count). The zero-order valence-corrected chi connectivity index (χ0v) is 18.9. The van der Waals surface area contributed by atoms with Crippen molar-refractivity contribution in [3.05, 3.63) is 65.7 Å². The quantitative estimate of drug-likeness (QED) is 0.487. The molecule has 1 fully saturated rings. The lowest BCUT2D eigenvalue weighted by atomic mass is 10.2. The van der Waals surface area contributed by atoms with Crippen LogP contribution in [0.15, 0.2) is 55.1 Å². The highest BCUT2D eigenvalue weighted by atomic mass is 35.5. The van der Waals surface area contributed by atoms with Gasteiger partial charge < -0.3 is 15.1 Å². The molecule has 10 heteroatoms. The number of benzene rings is 1. The third kappa shape index (κ3) is 4.45. The molecule has 1 saturated heterocycles. The van der Waals surface area contributed by atoms with E-state index in [1.807, 2.05) is 37.4 Å². The highest BCUT2D eigenvalue weighted by molar-refractivity contribution is 6.31. The number of carbonyl (C=O) groups excluding carboxylic acids is 1. The third-order valence-corrected chi connectivity index (χ3v) is 5.97. The molecule has 1 aliphatic rings. The summed E-state index contributed by atoms with van der Waals surface area (Å²) < 4.78 is 1.60. The van der Waals surface area contributed by atoms with E-state index in [-0.39, 0.29) is 12.5 Å². The lowest BCUT2D eigenvalue weighted by Crippen LogP contribution is -2.47. The van der Waals surface area contributed by atoms with Crippen molar-refractivity contribution in [1.29, 1.82) is 0 Å². The molecule has 0 aliphatic carbocycles. The van der Waals surface area contributed by atoms with E-state index < -0.39 is 0 Å². The van der Waals surface area contributed by atoms with E-state index in [1.165, 1.54) is 6.33 Å². The maximum absolute atomic E-state index is 12.7. The number of hydrogen-bond donors (Lipinski definition) is 1. The van der Waals surface area contributed by atoms with Crippen LogP contribution in [0.5, 0.6) is 0 Å². The van der Waals surface area contributed by atoms with Crippen molar-refractivity contribution in [3.8, 4) is 0 Å². The molecule has 4 aromatic rings. The SMILES string of the molecule is Cc1ccc(Cl)cc1NC(=O)Cn1ncc2c(N3CCN(c4ccccn4)CC3)ncnc21. The fourth-order valence-corrected chi connectivity index (χ4v) is 4.16. The van der Waals surface area contributed by atoms with Gasteiger partial charge in [0.15, 0.2) is 5.65 Å². The Morgan fingerprint density at radius 2 is 1.88 bits per heavy atom. The number of piperazine rings is 1. The maximum Gasteiger partial charge on any atom is 0.246 e. The fraction of sp³-hybridized carbons (Fsp3) is 0.261. The molecule has 1 aromatic carbocycles. The van der Waals surface area contributed by atoms with Crippen molar-refractivity contribution < 1.29 is 4.79 Å². The molecule has 9 nitrogen and oxygen atoms in total. The number of anilines is 3. The number of rotatable bonds is 5. The van der Waals surface area contributed by atoms with Gasteiger partial charge in [0.2, 0.25) is 5.91 Å². The van der Waals surface area contributed by atoms with Gasteiger partial charge in [-0.05, 0) is 36.8 Å². The molecule has 0 spiro atoms. The second-order valence-corrected chi connectivity index (χ2v) is 8.34. The smallest absolute Gasteiger partial charge is 0.246 e. The third-order valence-electron chi connectivity index (χ3n) is 5.73. The molecular formula is C23H23ClN8O. The van der Waals surface area contributed by atoms with Gasteiger partial charge in [-0.25, -0.2) is 19.6 Å². The molecule has 0 radical (unpaired) electrons. The van der Waals surface area contributed by atoms with Crippen LogP contribution in [0.1, 0.15) is 5.56 Å². The van der Waals surface area contributed by atoms with Crippen molar-refractivity contribution in [2.75, 3.05) is 41.3 Å². The van der Waals surface area contributed by atoms with E-state index in [4.69, 9.17) is 11.6 Å². The first-order valence-corrected chi connectivity index (χ1v) is 11.1. The van der Waals surface area contributed by atoms with E-state index in [0.717, 1.165) is 48.8 Å². The summed E-state index contributed by atoms with van der Waals surface area (Å²) in [7, 11) is 0. The van der Waals surface area contributed by atoms with Crippen LogP contribution in [-0.2, 0) is 11.3 Å². The van der Waals surface area contributed by atoms with Crippen LogP contribution >= 0.6 is 11.6 Å². The minimum Gasteiger partial charge on any atom is -0.353 e. The lowest BCUT2D eigenvalue weighted by molar-refractivity contribution is -0.116. The number of aryl methyl sites for hydroxylation is 1. The maximum atomic E-state index is 12.7. The Labute approximate surface area is 196 Å². The summed E-state index contributed by atoms with van der Waals surface area (Å²) in [6.45, 7) is 5.27. The molecule has 33 heavy (non-hydrogen) atoms. The van der Waals surface area contributed by atoms with E-state index in [1.54, 1.807) is 23.0 Å². The van der Waals surface area contributed by atoms with E-state index in [9.17, 15) is 4.79 Å². The molecule has 4 heterocycles. The molecule has 0 saturated carbocycles. The summed E-state index contributed by atoms with van der Waals surface area (Å²) in [5.41, 5.74) is 2.25. The van der Waals surface area contributed by atoms with Crippen LogP contribution in [0.25, 0.3) is 11.0 Å². The Bertz CT molecular complexity index is 1280. The average Bonchev–Trinajstić information content (AvgIpc) is 3.25. The van der Waals surface area contributed by atoms with E-state index >= 15 is 0 Å². The van der Waals surface area contributed by atoms with E-state index in [2.05, 4.69) is 35.2 Å². The molecule has 0 atom stereocenters. The van der Waals surface area contributed by atoms with Gasteiger partial charge in [-0.3, -0.25) is 4.79 Å². The van der Waals surface area contributed by atoms with Gasteiger partial charge in [0.25, 0.3) is 0 Å². The summed E-state index contributed by atoms with van der Waals surface area (Å²) in [5, 5.41) is 8.72. The summed E-state index contributed by atoms with van der Waals surface area (Å²) in [6.07, 6.45) is 5.07. The topological polar surface area (TPSA) is 92.1 Å². The van der Waals surface area contributed by atoms with Crippen molar-refractivity contribution >= 4 is 45.9 Å². The molecule has 1 aliphatic heterocycles. The Morgan fingerprint density at radius 3 is 2.67 bits per heavy atom. The number of carbonyl (C=O) groups is 1. The van der Waals surface area contributed by atoms with Gasteiger partial charge in [-0.1, -0.05) is 23.7 Å².